The molecule has 25 atom stereocenters. The van der Waals surface area contributed by atoms with Gasteiger partial charge in [0.25, 0.3) is 0 Å². The van der Waals surface area contributed by atoms with Crippen LogP contribution in [0.15, 0.2) is 0 Å². The molecule has 145 heavy (non-hydrogen) atoms. The lowest BCUT2D eigenvalue weighted by atomic mass is 9.88. The average molecular weight is 2230 g/mol. The maximum absolute atomic E-state index is 10.7. The molecule has 22 fully saturated rings. The van der Waals surface area contributed by atoms with Crippen LogP contribution in [0.1, 0.15) is 39.0 Å². The summed E-state index contributed by atoms with van der Waals surface area (Å²) in [5.41, 5.74) is -0.462. The fraction of sp³-hybridized carbons (Fsp3) is 1.00. The Morgan fingerprint density at radius 3 is 0.703 bits per heavy atom. The van der Waals surface area contributed by atoms with E-state index in [-0.39, 0.29) is 91.9 Å². The highest BCUT2D eigenvalue weighted by Gasteiger charge is 2.44. The Labute approximate surface area is 867 Å². The smallest absolute Gasteiger partial charge is 0.149 e. The van der Waals surface area contributed by atoms with Crippen molar-refractivity contribution >= 4 is 31.9 Å². The van der Waals surface area contributed by atoms with E-state index in [1.54, 1.807) is 0 Å². The van der Waals surface area contributed by atoms with Crippen molar-refractivity contribution in [3.8, 4) is 0 Å². The van der Waals surface area contributed by atoms with Gasteiger partial charge in [-0.3, -0.25) is 0 Å². The van der Waals surface area contributed by atoms with Crippen LogP contribution in [-0.4, -0.2) is 576 Å². The molecule has 0 aromatic rings. The van der Waals surface area contributed by atoms with Crippen molar-refractivity contribution in [1.82, 2.24) is 0 Å². The Morgan fingerprint density at radius 1 is 0.228 bits per heavy atom. The zero-order chi connectivity index (χ0) is 99.9. The first-order valence-corrected chi connectivity index (χ1v) is 54.4. The van der Waals surface area contributed by atoms with Crippen LogP contribution in [0, 0.1) is 16.2 Å². The highest BCUT2D eigenvalue weighted by Crippen LogP contribution is 2.33. The van der Waals surface area contributed by atoms with E-state index >= 15 is 0 Å². The maximum Gasteiger partial charge on any atom is 0.149 e. The van der Waals surface area contributed by atoms with Crippen LogP contribution in [0.25, 0.3) is 0 Å². The van der Waals surface area contributed by atoms with Gasteiger partial charge in [0, 0.05) is 21.5 Å². The molecule has 21 aliphatic heterocycles. The van der Waals surface area contributed by atoms with Crippen LogP contribution in [0.5, 0.6) is 0 Å². The average Bonchev–Trinajstić information content (AvgIpc) is 1.70. The van der Waals surface area contributed by atoms with Crippen molar-refractivity contribution in [2.24, 2.45) is 16.2 Å². The number of rotatable bonds is 85. The Morgan fingerprint density at radius 2 is 0.434 bits per heavy atom. The third-order valence-electron chi connectivity index (χ3n) is 24.9. The molecule has 0 aromatic heterocycles. The van der Waals surface area contributed by atoms with Crippen LogP contribution in [-0.2, 0) is 208 Å². The lowest BCUT2D eigenvalue weighted by Gasteiger charge is -2.33. The van der Waals surface area contributed by atoms with Crippen LogP contribution in [0.3, 0.4) is 0 Å². The largest absolute Gasteiger partial charge is 0.388 e. The van der Waals surface area contributed by atoms with Gasteiger partial charge in [0.1, 0.15) is 180 Å². The minimum absolute atomic E-state index is 0.0101. The molecule has 0 aromatic carbocycles. The van der Waals surface area contributed by atoms with Crippen molar-refractivity contribution in [3.63, 3.8) is 0 Å². The van der Waals surface area contributed by atoms with E-state index in [1.165, 1.54) is 0 Å². The number of alkyl halides is 2. The zero-order valence-corrected chi connectivity index (χ0v) is 87.5. The Kier molecular flexibility index (Phi) is 54.3. The van der Waals surface area contributed by atoms with Gasteiger partial charge in [0.05, 0.1) is 381 Å². The Balaban J connectivity index is 0.000000127. The molecule has 25 unspecified atom stereocenters. The Hall–Kier alpha value is -0.880. The highest BCUT2D eigenvalue weighted by molar-refractivity contribution is 9.09. The first-order chi connectivity index (χ1) is 71.3. The fourth-order valence-corrected chi connectivity index (χ4v) is 15.1. The maximum atomic E-state index is 10.7. The molecule has 48 heteroatoms. The number of halogens is 2. The van der Waals surface area contributed by atoms with E-state index in [0.29, 0.717) is 330 Å². The molecule has 21 heterocycles. The fourth-order valence-electron chi connectivity index (χ4n) is 13.5. The second-order valence-corrected chi connectivity index (χ2v) is 41.3. The third kappa shape index (κ3) is 60.5. The molecule has 1 saturated carbocycles. The zero-order valence-electron chi connectivity index (χ0n) is 84.4. The Bertz CT molecular complexity index is 3050. The van der Waals surface area contributed by atoms with Crippen molar-refractivity contribution in [3.05, 3.63) is 0 Å². The second-order valence-electron chi connectivity index (χ2n) is 40.2. The van der Waals surface area contributed by atoms with E-state index in [2.05, 4.69) is 38.8 Å². The molecule has 842 valence electrons. The van der Waals surface area contributed by atoms with Gasteiger partial charge in [-0.15, -0.1) is 0 Å². The first-order valence-electron chi connectivity index (χ1n) is 52.2. The molecular weight excluding hydrogens is 2060 g/mol. The summed E-state index contributed by atoms with van der Waals surface area (Å²) >= 11 is 7.09. The predicted octanol–water partition coefficient (Wildman–Crippen LogP) is 0.407. The van der Waals surface area contributed by atoms with Crippen molar-refractivity contribution in [2.75, 3.05) is 401 Å². The molecule has 22 rings (SSSR count). The summed E-state index contributed by atoms with van der Waals surface area (Å²) in [5.74, 6) is 0. The van der Waals surface area contributed by atoms with Gasteiger partial charge in [0.15, 0.2) is 0 Å². The summed E-state index contributed by atoms with van der Waals surface area (Å²) < 4.78 is 235. The summed E-state index contributed by atoms with van der Waals surface area (Å²) in [5, 5.41) is 22.8. The van der Waals surface area contributed by atoms with Gasteiger partial charge in [-0.25, -0.2) is 0 Å². The first kappa shape index (κ1) is 118. The molecule has 0 spiro atoms. The van der Waals surface area contributed by atoms with Gasteiger partial charge in [0.2, 0.25) is 0 Å². The lowest BCUT2D eigenvalue weighted by molar-refractivity contribution is -0.173. The van der Waals surface area contributed by atoms with Crippen LogP contribution >= 0.6 is 31.9 Å². The summed E-state index contributed by atoms with van der Waals surface area (Å²) in [7, 11) is 0. The van der Waals surface area contributed by atoms with Gasteiger partial charge in [-0.2, -0.15) is 0 Å². The highest BCUT2D eigenvalue weighted by atomic mass is 79.9. The molecule has 0 amide bonds. The van der Waals surface area contributed by atoms with Crippen molar-refractivity contribution in [2.45, 2.75) is 204 Å². The molecule has 46 nitrogen and oxygen atoms in total. The summed E-state index contributed by atoms with van der Waals surface area (Å²) in [6.07, 6.45) is 8.06. The van der Waals surface area contributed by atoms with Crippen LogP contribution < -0.4 is 0 Å². The van der Waals surface area contributed by atoms with E-state index in [0.717, 1.165) is 168 Å². The predicted molar refractivity (Wildman–Crippen MR) is 505 cm³/mol. The number of aliphatic hydroxyl groups is 2. The quantitative estimate of drug-likeness (QED) is 0.0360. The summed E-state index contributed by atoms with van der Waals surface area (Å²) in [4.78, 5) is 0. The van der Waals surface area contributed by atoms with Crippen LogP contribution in [0.4, 0.5) is 0 Å². The van der Waals surface area contributed by atoms with Gasteiger partial charge >= 0.3 is 0 Å². The molecule has 2 N–H and O–H groups in total. The summed E-state index contributed by atoms with van der Waals surface area (Å²) in [6.45, 7) is 39.5. The molecular formula is C97H164Br2O46. The van der Waals surface area contributed by atoms with E-state index in [9.17, 15) is 10.2 Å². The second kappa shape index (κ2) is 66.7. The number of epoxide rings is 21. The number of hydrogen-bond acceptors (Lipinski definition) is 46. The molecule has 0 bridgehead atoms. The number of ether oxygens (including phenoxy) is 44. The topological polar surface area (TPSA) is 516 Å². The van der Waals surface area contributed by atoms with Gasteiger partial charge in [-0.05, 0) is 32.1 Å². The molecule has 21 saturated heterocycles. The van der Waals surface area contributed by atoms with Crippen LogP contribution in [0.2, 0.25) is 0 Å². The monoisotopic (exact) mass is 2220 g/mol. The minimum Gasteiger partial charge on any atom is -0.388 e. The summed E-state index contributed by atoms with van der Waals surface area (Å²) in [6, 6.07) is 0. The third-order valence-corrected chi connectivity index (χ3v) is 27.3. The van der Waals surface area contributed by atoms with E-state index < -0.39 is 24.4 Å². The normalized spacial score (nSPS) is 33.3. The molecule has 0 radical (unpaired) electrons. The minimum atomic E-state index is -1.20. The molecule has 1 aliphatic carbocycles. The van der Waals surface area contributed by atoms with Crippen molar-refractivity contribution < 1.29 is 219 Å². The van der Waals surface area contributed by atoms with Crippen molar-refractivity contribution in [1.29, 1.82) is 0 Å². The van der Waals surface area contributed by atoms with Gasteiger partial charge < -0.3 is 219 Å². The molecule has 22 aliphatic rings. The standard InChI is InChI=1S/C18H30O10.C17H28O8.C15H26O6.C12H20O4.C11H18Br2O4.C9H16O5.C8H14O5.C7H12O4/c19-15(9-21-1-11-3-23-11)17(20)18(28-8-14-6-26-14)16(27-7-13-5-25-13)10-22-2-12-4-24-12;1(13-5-22-13)18-9-17(10-19-2-14-6-23-14,11-20-3-15-7-24-15)12-21-4-16-8-25-16;1-2-15(9-16-3-12-6-19-12,10-17-4-13-7-20-13)11-18-5-14-8-21-14;1-2-10(14-6-12-8-16-12)4-3-9(1)13-5-11-7-15-11;12-5-11(6-13,7-14-1-9-3-16-9)8-15-2-10-4-17-10;1(10-3-8-5-13-8)2-11-7-12-4-9-6-14-9;1(7-3-12-7)9-5-11-6-10-2-8-4-13-8;1(6-3-10-6)8-5-9-2-7-4-11-7/h11-20H,1-10H2;13-16H,1-12H2;12-14H,2-11H2,1H3;9-12H,1-8H2;9-10H,1-8H2;8-9H,1-7H2;7-8H,1-6H2;6-7H,1-5H2. The SMILES string of the molecule is BrCC(CBr)(COCC1CO1)COCC1CO1.C(COCC1CO1)OCOCC1CO1.C(OCC(COCC1CO1)(COCC1CO1)COCC1CO1)C1CO1.C(OCC1CO1)OCC1CO1.C(OCOCC1CO1)OCC1CO1.C1CC(OCC2CO2)CCC1OCC1CO1.CCC(COCC1CO1)(COCC1CO1)COCC1CO1.OC(COCC1CO1)C(O)C(OCC1CO1)C(COCC1CO1)OCC1CO1. The van der Waals surface area contributed by atoms with E-state index in [1.807, 2.05) is 0 Å². The van der Waals surface area contributed by atoms with E-state index in [4.69, 9.17) is 208 Å². The lowest BCUT2D eigenvalue weighted by Crippen LogP contribution is -2.51. The van der Waals surface area contributed by atoms with Gasteiger partial charge in [-0.1, -0.05) is 38.8 Å². The number of hydrogen-bond donors (Lipinski definition) is 2. The number of aliphatic hydroxyl groups excluding tert-OH is 2.